The third-order valence-corrected chi connectivity index (χ3v) is 2.08. The van der Waals surface area contributed by atoms with Crippen LogP contribution in [0.25, 0.3) is 0 Å². The summed E-state index contributed by atoms with van der Waals surface area (Å²) in [5.41, 5.74) is 0.467. The van der Waals surface area contributed by atoms with Crippen LogP contribution in [-0.2, 0) is 19.1 Å². The van der Waals surface area contributed by atoms with Gasteiger partial charge in [0.1, 0.15) is 12.4 Å². The largest absolute Gasteiger partial charge is 0.489 e. The molecule has 102 valence electrons. The Bertz CT molecular complexity index is 451. The third kappa shape index (κ3) is 4.83. The fourth-order valence-electron chi connectivity index (χ4n) is 1.41. The van der Waals surface area contributed by atoms with Crippen LogP contribution in [0.5, 0.6) is 5.75 Å². The normalized spacial score (nSPS) is 9.84. The minimum atomic E-state index is -1.11. The molecule has 0 saturated carbocycles. The van der Waals surface area contributed by atoms with Crippen molar-refractivity contribution in [2.75, 3.05) is 6.61 Å². The first-order chi connectivity index (χ1) is 9.04. The lowest BCUT2D eigenvalue weighted by Crippen LogP contribution is -2.16. The SMILES string of the molecule is C=CCOc1ccccc1C(OC(C)=O)OC(C)=O. The molecule has 1 rings (SSSR count). The number of hydrogen-bond acceptors (Lipinski definition) is 5. The Balaban J connectivity index is 3.02. The molecule has 0 amide bonds. The monoisotopic (exact) mass is 264 g/mol. The van der Waals surface area contributed by atoms with Crippen LogP contribution in [0, 0.1) is 0 Å². The van der Waals surface area contributed by atoms with E-state index >= 15 is 0 Å². The van der Waals surface area contributed by atoms with E-state index in [4.69, 9.17) is 14.2 Å². The Labute approximate surface area is 111 Å². The first-order valence-electron chi connectivity index (χ1n) is 5.71. The molecule has 0 aliphatic rings. The highest BCUT2D eigenvalue weighted by molar-refractivity contribution is 5.68. The van der Waals surface area contributed by atoms with Crippen molar-refractivity contribution in [3.05, 3.63) is 42.5 Å². The number of hydrogen-bond donors (Lipinski definition) is 0. The number of carbonyl (C=O) groups is 2. The smallest absolute Gasteiger partial charge is 0.305 e. The van der Waals surface area contributed by atoms with Gasteiger partial charge in [-0.2, -0.15) is 0 Å². The average Bonchev–Trinajstić information content (AvgIpc) is 2.35. The lowest BCUT2D eigenvalue weighted by molar-refractivity contribution is -0.186. The summed E-state index contributed by atoms with van der Waals surface area (Å²) in [5.74, 6) is -0.635. The van der Waals surface area contributed by atoms with Crippen LogP contribution < -0.4 is 4.74 Å². The van der Waals surface area contributed by atoms with Crippen molar-refractivity contribution in [3.8, 4) is 5.75 Å². The van der Waals surface area contributed by atoms with Crippen LogP contribution in [0.3, 0.4) is 0 Å². The van der Waals surface area contributed by atoms with Gasteiger partial charge < -0.3 is 14.2 Å². The van der Waals surface area contributed by atoms with Crippen molar-refractivity contribution in [3.63, 3.8) is 0 Å². The van der Waals surface area contributed by atoms with Crippen molar-refractivity contribution in [1.29, 1.82) is 0 Å². The van der Waals surface area contributed by atoms with Crippen LogP contribution in [0.1, 0.15) is 25.7 Å². The Kier molecular flexibility index (Phi) is 5.60. The van der Waals surface area contributed by atoms with Crippen molar-refractivity contribution in [2.24, 2.45) is 0 Å². The minimum absolute atomic E-state index is 0.296. The number of benzene rings is 1. The topological polar surface area (TPSA) is 61.8 Å². The molecule has 1 aromatic carbocycles. The summed E-state index contributed by atoms with van der Waals surface area (Å²) < 4.78 is 15.4. The Morgan fingerprint density at radius 3 is 2.32 bits per heavy atom. The summed E-state index contributed by atoms with van der Waals surface area (Å²) in [7, 11) is 0. The van der Waals surface area contributed by atoms with Crippen LogP contribution >= 0.6 is 0 Å². The molecule has 0 aliphatic carbocycles. The molecular weight excluding hydrogens is 248 g/mol. The zero-order chi connectivity index (χ0) is 14.3. The highest BCUT2D eigenvalue weighted by Gasteiger charge is 2.21. The van der Waals surface area contributed by atoms with E-state index in [0.717, 1.165) is 0 Å². The lowest BCUT2D eigenvalue weighted by Gasteiger charge is -2.19. The first kappa shape index (κ1) is 14.8. The van der Waals surface area contributed by atoms with Gasteiger partial charge >= 0.3 is 11.9 Å². The van der Waals surface area contributed by atoms with Gasteiger partial charge in [-0.05, 0) is 12.1 Å². The predicted molar refractivity (Wildman–Crippen MR) is 68.4 cm³/mol. The van der Waals surface area contributed by atoms with E-state index in [9.17, 15) is 9.59 Å². The van der Waals surface area contributed by atoms with E-state index in [-0.39, 0.29) is 0 Å². The molecule has 0 unspecified atom stereocenters. The number of rotatable bonds is 6. The second-order valence-corrected chi connectivity index (χ2v) is 3.69. The van der Waals surface area contributed by atoms with Gasteiger partial charge in [0.2, 0.25) is 0 Å². The van der Waals surface area contributed by atoms with Crippen molar-refractivity contribution in [1.82, 2.24) is 0 Å². The Morgan fingerprint density at radius 1 is 1.21 bits per heavy atom. The quantitative estimate of drug-likeness (QED) is 0.448. The molecule has 0 saturated heterocycles. The number of esters is 2. The summed E-state index contributed by atoms with van der Waals surface area (Å²) in [6.45, 7) is 6.33. The minimum Gasteiger partial charge on any atom is -0.489 e. The molecule has 0 atom stereocenters. The molecule has 0 aliphatic heterocycles. The summed E-state index contributed by atoms with van der Waals surface area (Å²) in [4.78, 5) is 22.1. The van der Waals surface area contributed by atoms with E-state index < -0.39 is 18.2 Å². The number of ether oxygens (including phenoxy) is 3. The molecular formula is C14H16O5. The van der Waals surface area contributed by atoms with Gasteiger partial charge in [-0.1, -0.05) is 24.8 Å². The van der Waals surface area contributed by atoms with Gasteiger partial charge in [-0.3, -0.25) is 9.59 Å². The molecule has 0 bridgehead atoms. The molecule has 5 heteroatoms. The Hall–Kier alpha value is -2.30. The van der Waals surface area contributed by atoms with Crippen LogP contribution in [-0.4, -0.2) is 18.5 Å². The number of para-hydroxylation sites is 1. The third-order valence-electron chi connectivity index (χ3n) is 2.08. The molecule has 5 nitrogen and oxygen atoms in total. The van der Waals surface area contributed by atoms with E-state index in [1.807, 2.05) is 0 Å². The maximum atomic E-state index is 11.1. The van der Waals surface area contributed by atoms with E-state index in [2.05, 4.69) is 6.58 Å². The average molecular weight is 264 g/mol. The molecule has 0 N–H and O–H groups in total. The molecule has 0 aromatic heterocycles. The molecule has 19 heavy (non-hydrogen) atoms. The second-order valence-electron chi connectivity index (χ2n) is 3.69. The van der Waals surface area contributed by atoms with Crippen molar-refractivity contribution in [2.45, 2.75) is 20.1 Å². The molecule has 0 spiro atoms. The first-order valence-corrected chi connectivity index (χ1v) is 5.71. The van der Waals surface area contributed by atoms with E-state index in [0.29, 0.717) is 17.9 Å². The molecule has 0 radical (unpaired) electrons. The summed E-state index contributed by atoms with van der Waals surface area (Å²) in [5, 5.41) is 0. The zero-order valence-corrected chi connectivity index (χ0v) is 10.9. The number of carbonyl (C=O) groups excluding carboxylic acids is 2. The van der Waals surface area contributed by atoms with Crippen molar-refractivity contribution >= 4 is 11.9 Å². The van der Waals surface area contributed by atoms with Crippen LogP contribution in [0.2, 0.25) is 0 Å². The van der Waals surface area contributed by atoms with Gasteiger partial charge in [-0.15, -0.1) is 0 Å². The predicted octanol–water partition coefficient (Wildman–Crippen LogP) is 2.38. The van der Waals surface area contributed by atoms with Gasteiger partial charge in [0, 0.05) is 13.8 Å². The summed E-state index contributed by atoms with van der Waals surface area (Å²) in [6.07, 6.45) is 0.472. The second kappa shape index (κ2) is 7.20. The molecule has 1 aromatic rings. The fraction of sp³-hybridized carbons (Fsp3) is 0.286. The van der Waals surface area contributed by atoms with Gasteiger partial charge in [0.15, 0.2) is 0 Å². The fourth-order valence-corrected chi connectivity index (χ4v) is 1.41. The molecule has 0 heterocycles. The maximum absolute atomic E-state index is 11.1. The highest BCUT2D eigenvalue weighted by Crippen LogP contribution is 2.28. The maximum Gasteiger partial charge on any atom is 0.305 e. The Morgan fingerprint density at radius 2 is 1.79 bits per heavy atom. The standard InChI is InChI=1S/C14H16O5/c1-4-9-17-13-8-6-5-7-12(13)14(18-10(2)15)19-11(3)16/h4-8,14H,1,9H2,2-3H3. The molecule has 0 fully saturated rings. The highest BCUT2D eigenvalue weighted by atomic mass is 16.7. The van der Waals surface area contributed by atoms with E-state index in [1.54, 1.807) is 30.3 Å². The van der Waals surface area contributed by atoms with Gasteiger partial charge in [-0.25, -0.2) is 0 Å². The zero-order valence-electron chi connectivity index (χ0n) is 10.9. The summed E-state index contributed by atoms with van der Waals surface area (Å²) >= 11 is 0. The van der Waals surface area contributed by atoms with Crippen molar-refractivity contribution < 1.29 is 23.8 Å². The van der Waals surface area contributed by atoms with Crippen LogP contribution in [0.15, 0.2) is 36.9 Å². The van der Waals surface area contributed by atoms with E-state index in [1.165, 1.54) is 13.8 Å². The van der Waals surface area contributed by atoms with Gasteiger partial charge in [0.05, 0.1) is 5.56 Å². The van der Waals surface area contributed by atoms with Crippen LogP contribution in [0.4, 0.5) is 0 Å². The lowest BCUT2D eigenvalue weighted by atomic mass is 10.2. The summed E-state index contributed by atoms with van der Waals surface area (Å²) in [6, 6.07) is 6.85. The van der Waals surface area contributed by atoms with Gasteiger partial charge in [0.25, 0.3) is 6.29 Å².